The highest BCUT2D eigenvalue weighted by molar-refractivity contribution is 5.89. The average molecular weight is 288 g/mol. The molecule has 2 aliphatic carbocycles. The van der Waals surface area contributed by atoms with E-state index in [0.29, 0.717) is 5.92 Å². The molecule has 21 heavy (non-hydrogen) atoms. The van der Waals surface area contributed by atoms with Crippen LogP contribution in [0.1, 0.15) is 32.6 Å². The molecule has 0 spiro atoms. The predicted molar refractivity (Wildman–Crippen MR) is 83.5 cm³/mol. The fourth-order valence-corrected chi connectivity index (χ4v) is 4.09. The van der Waals surface area contributed by atoms with Gasteiger partial charge in [0.1, 0.15) is 5.75 Å². The Morgan fingerprint density at radius 3 is 2.86 bits per heavy atom. The van der Waals surface area contributed by atoms with Crippen LogP contribution < -0.4 is 15.4 Å². The molecule has 4 heteroatoms. The van der Waals surface area contributed by atoms with Crippen molar-refractivity contribution >= 4 is 11.7 Å². The highest BCUT2D eigenvalue weighted by Crippen LogP contribution is 2.49. The number of anilines is 1. The first kappa shape index (κ1) is 14.2. The Hall–Kier alpha value is -1.71. The van der Waals surface area contributed by atoms with E-state index in [1.807, 2.05) is 24.3 Å². The molecular weight excluding hydrogens is 264 g/mol. The summed E-state index contributed by atoms with van der Waals surface area (Å²) < 4.78 is 5.16. The Balaban J connectivity index is 1.53. The summed E-state index contributed by atoms with van der Waals surface area (Å²) in [6.07, 6.45) is 5.39. The maximum Gasteiger partial charge on any atom is 0.319 e. The van der Waals surface area contributed by atoms with Gasteiger partial charge in [-0.15, -0.1) is 0 Å². The summed E-state index contributed by atoms with van der Waals surface area (Å²) in [7, 11) is 1.62. The van der Waals surface area contributed by atoms with Crippen LogP contribution in [-0.4, -0.2) is 19.2 Å². The van der Waals surface area contributed by atoms with Crippen LogP contribution in [0.3, 0.4) is 0 Å². The van der Waals surface area contributed by atoms with Crippen molar-refractivity contribution in [2.24, 2.45) is 17.8 Å². The molecule has 2 N–H and O–H groups in total. The van der Waals surface area contributed by atoms with Gasteiger partial charge in [-0.2, -0.15) is 0 Å². The maximum absolute atomic E-state index is 12.1. The van der Waals surface area contributed by atoms with Crippen molar-refractivity contribution in [3.8, 4) is 5.75 Å². The van der Waals surface area contributed by atoms with Gasteiger partial charge in [-0.1, -0.05) is 12.5 Å². The van der Waals surface area contributed by atoms with Crippen molar-refractivity contribution in [3.05, 3.63) is 24.3 Å². The first-order chi connectivity index (χ1) is 10.2. The summed E-state index contributed by atoms with van der Waals surface area (Å²) in [5.41, 5.74) is 0.756. The van der Waals surface area contributed by atoms with E-state index in [1.54, 1.807) is 7.11 Å². The van der Waals surface area contributed by atoms with Crippen LogP contribution in [-0.2, 0) is 0 Å². The number of methoxy groups -OCH3 is 1. The molecule has 4 atom stereocenters. The predicted octanol–water partition coefficient (Wildman–Crippen LogP) is 3.64. The molecule has 2 aliphatic rings. The summed E-state index contributed by atoms with van der Waals surface area (Å²) in [5.74, 6) is 3.13. The Kier molecular flexibility index (Phi) is 4.04. The van der Waals surface area contributed by atoms with E-state index in [4.69, 9.17) is 4.74 Å². The molecule has 2 saturated carbocycles. The minimum absolute atomic E-state index is 0.126. The van der Waals surface area contributed by atoms with Crippen molar-refractivity contribution in [3.63, 3.8) is 0 Å². The zero-order valence-corrected chi connectivity index (χ0v) is 12.8. The molecule has 0 aromatic heterocycles. The van der Waals surface area contributed by atoms with Gasteiger partial charge in [0.25, 0.3) is 0 Å². The van der Waals surface area contributed by atoms with Gasteiger partial charge in [0.2, 0.25) is 0 Å². The number of carbonyl (C=O) groups excluding carboxylic acids is 1. The molecule has 2 bridgehead atoms. The van der Waals surface area contributed by atoms with Gasteiger partial charge >= 0.3 is 6.03 Å². The lowest BCUT2D eigenvalue weighted by Crippen LogP contribution is -2.42. The second-order valence-corrected chi connectivity index (χ2v) is 6.46. The smallest absolute Gasteiger partial charge is 0.319 e. The Bertz CT molecular complexity index is 517. The average Bonchev–Trinajstić information content (AvgIpc) is 3.10. The molecule has 0 radical (unpaired) electrons. The summed E-state index contributed by atoms with van der Waals surface area (Å²) in [6.45, 7) is 2.14. The Labute approximate surface area is 126 Å². The fourth-order valence-electron chi connectivity index (χ4n) is 4.09. The highest BCUT2D eigenvalue weighted by atomic mass is 16.5. The number of fused-ring (bicyclic) bond motifs is 2. The SMILES string of the molecule is COc1cccc(NC(=O)N[C@H](C)[C@H]2C[C@@H]3CC[C@@H]2C3)c1. The van der Waals surface area contributed by atoms with Crippen LogP contribution in [0.5, 0.6) is 5.75 Å². The first-order valence-electron chi connectivity index (χ1n) is 7.87. The number of amides is 2. The van der Waals surface area contributed by atoms with E-state index in [9.17, 15) is 4.79 Å². The van der Waals surface area contributed by atoms with E-state index in [-0.39, 0.29) is 12.1 Å². The second kappa shape index (κ2) is 5.96. The van der Waals surface area contributed by atoms with Crippen LogP contribution in [0.4, 0.5) is 10.5 Å². The van der Waals surface area contributed by atoms with E-state index in [2.05, 4.69) is 17.6 Å². The maximum atomic E-state index is 12.1. The summed E-state index contributed by atoms with van der Waals surface area (Å²) >= 11 is 0. The molecule has 114 valence electrons. The summed E-state index contributed by atoms with van der Waals surface area (Å²) in [4.78, 5) is 12.1. The second-order valence-electron chi connectivity index (χ2n) is 6.46. The molecule has 0 saturated heterocycles. The quantitative estimate of drug-likeness (QED) is 0.888. The van der Waals surface area contributed by atoms with Gasteiger partial charge in [-0.25, -0.2) is 4.79 Å². The molecule has 2 amide bonds. The molecule has 1 aromatic carbocycles. The van der Waals surface area contributed by atoms with Gasteiger partial charge in [-0.05, 0) is 56.1 Å². The topological polar surface area (TPSA) is 50.4 Å². The number of benzene rings is 1. The van der Waals surface area contributed by atoms with Crippen LogP contribution in [0.15, 0.2) is 24.3 Å². The normalized spacial score (nSPS) is 28.2. The number of hydrogen-bond acceptors (Lipinski definition) is 2. The van der Waals surface area contributed by atoms with E-state index >= 15 is 0 Å². The van der Waals surface area contributed by atoms with E-state index < -0.39 is 0 Å². The van der Waals surface area contributed by atoms with Gasteiger partial charge < -0.3 is 15.4 Å². The lowest BCUT2D eigenvalue weighted by molar-refractivity contribution is 0.230. The van der Waals surface area contributed by atoms with Crippen molar-refractivity contribution < 1.29 is 9.53 Å². The fraction of sp³-hybridized carbons (Fsp3) is 0.588. The molecule has 2 fully saturated rings. The van der Waals surface area contributed by atoms with Crippen molar-refractivity contribution in [1.82, 2.24) is 5.32 Å². The van der Waals surface area contributed by atoms with Crippen LogP contribution >= 0.6 is 0 Å². The molecule has 0 heterocycles. The van der Waals surface area contributed by atoms with E-state index in [0.717, 1.165) is 23.3 Å². The Morgan fingerprint density at radius 1 is 1.33 bits per heavy atom. The Morgan fingerprint density at radius 2 is 2.19 bits per heavy atom. The van der Waals surface area contributed by atoms with Crippen molar-refractivity contribution in [2.45, 2.75) is 38.6 Å². The minimum atomic E-state index is -0.126. The zero-order chi connectivity index (χ0) is 14.8. The van der Waals surface area contributed by atoms with Gasteiger partial charge in [-0.3, -0.25) is 0 Å². The summed E-state index contributed by atoms with van der Waals surface area (Å²) in [6, 6.07) is 7.53. The largest absolute Gasteiger partial charge is 0.497 e. The molecular formula is C17H24N2O2. The van der Waals surface area contributed by atoms with Crippen LogP contribution in [0.2, 0.25) is 0 Å². The zero-order valence-electron chi connectivity index (χ0n) is 12.8. The lowest BCUT2D eigenvalue weighted by Gasteiger charge is -2.28. The molecule has 1 aromatic rings. The summed E-state index contributed by atoms with van der Waals surface area (Å²) in [5, 5.41) is 5.99. The molecule has 0 aliphatic heterocycles. The standard InChI is InChI=1S/C17H24N2O2/c1-11(16-9-12-6-7-13(16)8-12)18-17(20)19-14-4-3-5-15(10-14)21-2/h3-5,10-13,16H,6-9H2,1-2H3,(H2,18,19,20)/t11-,12-,13-,16-/m1/s1. The van der Waals surface area contributed by atoms with Crippen molar-refractivity contribution in [1.29, 1.82) is 0 Å². The minimum Gasteiger partial charge on any atom is -0.497 e. The molecule has 3 rings (SSSR count). The number of nitrogens with one attached hydrogen (secondary N) is 2. The van der Waals surface area contributed by atoms with E-state index in [1.165, 1.54) is 25.7 Å². The van der Waals surface area contributed by atoms with Gasteiger partial charge in [0, 0.05) is 17.8 Å². The third kappa shape index (κ3) is 3.14. The monoisotopic (exact) mass is 288 g/mol. The third-order valence-corrected chi connectivity index (χ3v) is 5.12. The molecule has 0 unspecified atom stereocenters. The number of ether oxygens (including phenoxy) is 1. The lowest BCUT2D eigenvalue weighted by atomic mass is 9.84. The van der Waals surface area contributed by atoms with Crippen molar-refractivity contribution in [2.75, 3.05) is 12.4 Å². The number of urea groups is 1. The number of carbonyl (C=O) groups is 1. The number of hydrogen-bond donors (Lipinski definition) is 2. The first-order valence-corrected chi connectivity index (χ1v) is 7.87. The van der Waals surface area contributed by atoms with Gasteiger partial charge in [0.15, 0.2) is 0 Å². The van der Waals surface area contributed by atoms with Crippen LogP contribution in [0.25, 0.3) is 0 Å². The third-order valence-electron chi connectivity index (χ3n) is 5.12. The molecule has 4 nitrogen and oxygen atoms in total. The number of rotatable bonds is 4. The van der Waals surface area contributed by atoms with Gasteiger partial charge in [0.05, 0.1) is 7.11 Å². The van der Waals surface area contributed by atoms with Crippen LogP contribution in [0, 0.1) is 17.8 Å². The highest BCUT2D eigenvalue weighted by Gasteiger charge is 2.42.